The molecule has 9 heteroatoms. The van der Waals surface area contributed by atoms with Crippen LogP contribution in [0.15, 0.2) is 53.7 Å². The Kier molecular flexibility index (Phi) is 6.67. The van der Waals surface area contributed by atoms with Crippen molar-refractivity contribution in [2.75, 3.05) is 17.2 Å². The van der Waals surface area contributed by atoms with Crippen LogP contribution in [-0.2, 0) is 17.5 Å². The lowest BCUT2D eigenvalue weighted by Crippen LogP contribution is -2.32. The highest BCUT2D eigenvalue weighted by molar-refractivity contribution is 7.99. The largest absolute Gasteiger partial charge is 0.416 e. The van der Waals surface area contributed by atoms with E-state index in [9.17, 15) is 18.0 Å². The number of anilines is 1. The van der Waals surface area contributed by atoms with Crippen molar-refractivity contribution in [1.29, 1.82) is 5.26 Å². The van der Waals surface area contributed by atoms with Crippen molar-refractivity contribution in [1.82, 2.24) is 9.55 Å². The van der Waals surface area contributed by atoms with Crippen LogP contribution in [0.1, 0.15) is 18.9 Å². The third-order valence-corrected chi connectivity index (χ3v) is 5.37. The van der Waals surface area contributed by atoms with Gasteiger partial charge in [-0.3, -0.25) is 9.69 Å². The van der Waals surface area contributed by atoms with Crippen LogP contribution in [0.2, 0.25) is 0 Å². The second kappa shape index (κ2) is 9.22. The summed E-state index contributed by atoms with van der Waals surface area (Å²) in [5, 5.41) is 9.55. The fraction of sp³-hybridized carbons (Fsp3) is 0.286. The Labute approximate surface area is 176 Å². The van der Waals surface area contributed by atoms with Crippen molar-refractivity contribution in [2.45, 2.75) is 31.2 Å². The maximum Gasteiger partial charge on any atom is 0.416 e. The lowest BCUT2D eigenvalue weighted by Gasteiger charge is -2.19. The summed E-state index contributed by atoms with van der Waals surface area (Å²) >= 11 is 1.15. The third kappa shape index (κ3) is 4.76. The Hall–Kier alpha value is -2.99. The number of carbonyl (C=O) groups excluding carboxylic acids is 1. The van der Waals surface area contributed by atoms with Gasteiger partial charge >= 0.3 is 6.18 Å². The highest BCUT2D eigenvalue weighted by Crippen LogP contribution is 2.33. The summed E-state index contributed by atoms with van der Waals surface area (Å²) in [5.41, 5.74) is 0.715. The Morgan fingerprint density at radius 3 is 2.60 bits per heavy atom. The minimum atomic E-state index is -4.44. The number of thioether (sulfide) groups is 1. The first-order valence-corrected chi connectivity index (χ1v) is 10.3. The van der Waals surface area contributed by atoms with Crippen LogP contribution in [0.5, 0.6) is 0 Å². The second-order valence-corrected chi connectivity index (χ2v) is 7.45. The van der Waals surface area contributed by atoms with Gasteiger partial charge in [-0.1, -0.05) is 36.9 Å². The van der Waals surface area contributed by atoms with Gasteiger partial charge in [-0.15, -0.1) is 0 Å². The molecule has 5 nitrogen and oxygen atoms in total. The van der Waals surface area contributed by atoms with Gasteiger partial charge in [-0.25, -0.2) is 4.98 Å². The molecule has 0 saturated carbocycles. The van der Waals surface area contributed by atoms with E-state index in [0.29, 0.717) is 34.8 Å². The molecule has 0 radical (unpaired) electrons. The number of nitriles is 1. The van der Waals surface area contributed by atoms with Crippen molar-refractivity contribution in [3.63, 3.8) is 0 Å². The molecule has 0 aliphatic carbocycles. The van der Waals surface area contributed by atoms with E-state index in [1.165, 1.54) is 11.0 Å². The molecule has 3 rings (SSSR count). The van der Waals surface area contributed by atoms with E-state index < -0.39 is 11.7 Å². The lowest BCUT2D eigenvalue weighted by molar-refractivity contribution is -0.137. The van der Waals surface area contributed by atoms with Gasteiger partial charge in [0.05, 0.1) is 28.4 Å². The van der Waals surface area contributed by atoms with Gasteiger partial charge in [0.2, 0.25) is 5.91 Å². The van der Waals surface area contributed by atoms with Crippen LogP contribution in [0.3, 0.4) is 0 Å². The summed E-state index contributed by atoms with van der Waals surface area (Å²) in [6, 6.07) is 14.3. The first kappa shape index (κ1) is 21.7. The molecule has 0 aliphatic rings. The number of imidazole rings is 1. The number of para-hydroxylation sites is 1. The zero-order valence-electron chi connectivity index (χ0n) is 16.2. The quantitative estimate of drug-likeness (QED) is 0.384. The van der Waals surface area contributed by atoms with E-state index in [1.807, 2.05) is 19.1 Å². The molecule has 0 aliphatic heterocycles. The molecule has 0 unspecified atom stereocenters. The number of aryl methyl sites for hydroxylation is 1. The van der Waals surface area contributed by atoms with E-state index in [0.717, 1.165) is 23.9 Å². The molecule has 0 fully saturated rings. The van der Waals surface area contributed by atoms with Gasteiger partial charge in [0.25, 0.3) is 0 Å². The topological polar surface area (TPSA) is 61.9 Å². The number of alkyl halides is 3. The summed E-state index contributed by atoms with van der Waals surface area (Å²) in [6.45, 7) is 2.31. The molecule has 1 aromatic heterocycles. The molecule has 0 N–H and O–H groups in total. The van der Waals surface area contributed by atoms with Crippen LogP contribution in [0, 0.1) is 11.3 Å². The predicted octanol–water partition coefficient (Wildman–Crippen LogP) is 5.11. The van der Waals surface area contributed by atoms with Gasteiger partial charge in [-0.05, 0) is 36.8 Å². The average molecular weight is 432 g/mol. The molecule has 2 aromatic carbocycles. The fourth-order valence-electron chi connectivity index (χ4n) is 3.03. The standard InChI is InChI=1S/C21H19F3N4OS/c1-2-11-28-18-13-15(21(22,23)24)8-9-17(18)26-20(28)30-14-19(29)27(12-10-25)16-6-4-3-5-7-16/h3-9,13H,2,11-12,14H2,1H3. The van der Waals surface area contributed by atoms with E-state index in [-0.39, 0.29) is 18.2 Å². The van der Waals surface area contributed by atoms with Gasteiger partial charge in [0.1, 0.15) is 6.54 Å². The Bertz CT molecular complexity index is 1070. The summed E-state index contributed by atoms with van der Waals surface area (Å²) in [6.07, 6.45) is -3.74. The molecule has 0 bridgehead atoms. The molecule has 0 atom stereocenters. The number of hydrogen-bond donors (Lipinski definition) is 0. The number of hydrogen-bond acceptors (Lipinski definition) is 4. The maximum atomic E-state index is 13.1. The third-order valence-electron chi connectivity index (χ3n) is 4.41. The minimum absolute atomic E-state index is 0.00966. The maximum absolute atomic E-state index is 13.1. The molecule has 156 valence electrons. The zero-order valence-corrected chi connectivity index (χ0v) is 17.0. The van der Waals surface area contributed by atoms with Crippen LogP contribution in [-0.4, -0.2) is 27.8 Å². The monoisotopic (exact) mass is 432 g/mol. The number of halogens is 3. The average Bonchev–Trinajstić information content (AvgIpc) is 3.07. The number of rotatable bonds is 7. The van der Waals surface area contributed by atoms with Gasteiger partial charge < -0.3 is 4.57 Å². The van der Waals surface area contributed by atoms with E-state index in [2.05, 4.69) is 4.98 Å². The van der Waals surface area contributed by atoms with Crippen molar-refractivity contribution in [3.05, 3.63) is 54.1 Å². The minimum Gasteiger partial charge on any atom is -0.319 e. The van der Waals surface area contributed by atoms with Crippen molar-refractivity contribution < 1.29 is 18.0 Å². The summed E-state index contributed by atoms with van der Waals surface area (Å²) in [4.78, 5) is 18.5. The predicted molar refractivity (Wildman–Crippen MR) is 110 cm³/mol. The van der Waals surface area contributed by atoms with Crippen LogP contribution in [0.4, 0.5) is 18.9 Å². The van der Waals surface area contributed by atoms with Gasteiger partial charge in [-0.2, -0.15) is 18.4 Å². The first-order chi connectivity index (χ1) is 14.3. The van der Waals surface area contributed by atoms with Crippen molar-refractivity contribution >= 4 is 34.4 Å². The molecular formula is C21H19F3N4OS. The molecular weight excluding hydrogens is 413 g/mol. The Balaban J connectivity index is 1.86. The van der Waals surface area contributed by atoms with Crippen LogP contribution >= 0.6 is 11.8 Å². The smallest absolute Gasteiger partial charge is 0.319 e. The summed E-state index contributed by atoms with van der Waals surface area (Å²) < 4.78 is 41.0. The highest BCUT2D eigenvalue weighted by atomic mass is 32.2. The van der Waals surface area contributed by atoms with Crippen molar-refractivity contribution in [3.8, 4) is 6.07 Å². The number of fused-ring (bicyclic) bond motifs is 1. The molecule has 3 aromatic rings. The Morgan fingerprint density at radius 2 is 1.97 bits per heavy atom. The molecule has 0 saturated heterocycles. The fourth-order valence-corrected chi connectivity index (χ4v) is 3.95. The second-order valence-electron chi connectivity index (χ2n) is 6.51. The number of nitrogens with zero attached hydrogens (tertiary/aromatic N) is 4. The lowest BCUT2D eigenvalue weighted by atomic mass is 10.2. The van der Waals surface area contributed by atoms with Gasteiger partial charge in [0.15, 0.2) is 5.16 Å². The van der Waals surface area contributed by atoms with Crippen LogP contribution < -0.4 is 4.90 Å². The summed E-state index contributed by atoms with van der Waals surface area (Å²) in [5.74, 6) is -0.269. The molecule has 1 heterocycles. The molecule has 1 amide bonds. The normalized spacial score (nSPS) is 11.4. The first-order valence-electron chi connectivity index (χ1n) is 9.27. The number of carbonyl (C=O) groups is 1. The summed E-state index contributed by atoms with van der Waals surface area (Å²) in [7, 11) is 0. The Morgan fingerprint density at radius 1 is 1.23 bits per heavy atom. The number of aromatic nitrogens is 2. The SMILES string of the molecule is CCCn1c(SCC(=O)N(CC#N)c2ccccc2)nc2ccc(C(F)(F)F)cc21. The van der Waals surface area contributed by atoms with E-state index in [4.69, 9.17) is 5.26 Å². The van der Waals surface area contributed by atoms with Crippen LogP contribution in [0.25, 0.3) is 11.0 Å². The van der Waals surface area contributed by atoms with E-state index >= 15 is 0 Å². The molecule has 30 heavy (non-hydrogen) atoms. The number of amides is 1. The van der Waals surface area contributed by atoms with Crippen molar-refractivity contribution in [2.24, 2.45) is 0 Å². The highest BCUT2D eigenvalue weighted by Gasteiger charge is 2.31. The zero-order chi connectivity index (χ0) is 21.7. The van der Waals surface area contributed by atoms with Gasteiger partial charge in [0, 0.05) is 12.2 Å². The molecule has 0 spiro atoms. The van der Waals surface area contributed by atoms with E-state index in [1.54, 1.807) is 28.8 Å². The number of benzene rings is 2.